The minimum Gasteiger partial charge on any atom is -0.545 e. The predicted octanol–water partition coefficient (Wildman–Crippen LogP) is 2.92. The minimum atomic E-state index is -1.33. The molecule has 0 bridgehead atoms. The van der Waals surface area contributed by atoms with E-state index in [9.17, 15) is 19.5 Å². The molecule has 0 saturated carbocycles. The second-order valence-electron chi connectivity index (χ2n) is 6.27. The number of ether oxygens (including phenoxy) is 1. The first-order valence-corrected chi connectivity index (χ1v) is 10.1. The summed E-state index contributed by atoms with van der Waals surface area (Å²) < 4.78 is 5.13. The number of nitrogens with zero attached hydrogens (tertiary/aromatic N) is 1. The molecule has 154 valence electrons. The van der Waals surface area contributed by atoms with Gasteiger partial charge in [0.2, 0.25) is 5.91 Å². The van der Waals surface area contributed by atoms with Gasteiger partial charge in [-0.3, -0.25) is 14.5 Å². The van der Waals surface area contributed by atoms with Gasteiger partial charge in [0.05, 0.1) is 18.0 Å². The summed E-state index contributed by atoms with van der Waals surface area (Å²) in [5.74, 6) is -0.960. The fourth-order valence-corrected chi connectivity index (χ4v) is 3.99. The van der Waals surface area contributed by atoms with E-state index in [1.54, 1.807) is 13.2 Å². The van der Waals surface area contributed by atoms with Crippen molar-refractivity contribution in [3.63, 3.8) is 0 Å². The van der Waals surface area contributed by atoms with Crippen molar-refractivity contribution in [3.8, 4) is 5.75 Å². The van der Waals surface area contributed by atoms with Crippen LogP contribution in [-0.4, -0.2) is 40.7 Å². The van der Waals surface area contributed by atoms with Crippen molar-refractivity contribution < 1.29 is 24.2 Å². The van der Waals surface area contributed by atoms with E-state index in [1.807, 2.05) is 30.3 Å². The van der Waals surface area contributed by atoms with Crippen molar-refractivity contribution in [1.29, 1.82) is 0 Å². The molecule has 1 fully saturated rings. The number of anilines is 1. The van der Waals surface area contributed by atoms with Crippen LogP contribution in [0, 0.1) is 0 Å². The van der Waals surface area contributed by atoms with Gasteiger partial charge in [0.15, 0.2) is 0 Å². The molecule has 0 aromatic heterocycles. The molecule has 1 N–H and O–H groups in total. The van der Waals surface area contributed by atoms with Crippen LogP contribution in [0.25, 0.3) is 6.08 Å². The lowest BCUT2D eigenvalue weighted by Crippen LogP contribution is -2.30. The standard InChI is InChI=1S/C21H18N2O5S2/c1-28-16-7-5-13(6-8-16)11-17-19(29)23(21(27)30-17)10-9-18(24)22-15-4-2-3-14(12-15)20(25)26/h2-8,11-12H,9-10H2,1H3,(H,22,24)(H,25,26)/p-1. The molecule has 1 saturated heterocycles. The quantitative estimate of drug-likeness (QED) is 0.521. The first-order chi connectivity index (χ1) is 14.4. The molecule has 30 heavy (non-hydrogen) atoms. The number of hydrogen-bond acceptors (Lipinski definition) is 7. The third-order valence-corrected chi connectivity index (χ3v) is 5.73. The van der Waals surface area contributed by atoms with Crippen LogP contribution >= 0.6 is 24.0 Å². The molecule has 1 heterocycles. The lowest BCUT2D eigenvalue weighted by Gasteiger charge is -2.14. The summed E-state index contributed by atoms with van der Waals surface area (Å²) in [6, 6.07) is 13.1. The lowest BCUT2D eigenvalue weighted by molar-refractivity contribution is -0.255. The van der Waals surface area contributed by atoms with Crippen molar-refractivity contribution in [3.05, 3.63) is 64.6 Å². The Hall–Kier alpha value is -3.17. The maximum Gasteiger partial charge on any atom is 0.291 e. The first kappa shape index (κ1) is 21.5. The Kier molecular flexibility index (Phi) is 6.86. The number of rotatable bonds is 7. The number of amides is 2. The number of thiocarbonyl (C=S) groups is 1. The smallest absolute Gasteiger partial charge is 0.291 e. The molecular weight excluding hydrogens is 424 g/mol. The number of carbonyl (C=O) groups excluding carboxylic acids is 3. The number of thioether (sulfide) groups is 1. The van der Waals surface area contributed by atoms with Crippen molar-refractivity contribution in [2.24, 2.45) is 0 Å². The van der Waals surface area contributed by atoms with Gasteiger partial charge in [-0.1, -0.05) is 36.5 Å². The molecule has 2 aromatic rings. The zero-order valence-corrected chi connectivity index (χ0v) is 17.5. The van der Waals surface area contributed by atoms with Crippen molar-refractivity contribution in [2.45, 2.75) is 6.42 Å². The number of methoxy groups -OCH3 is 1. The fourth-order valence-electron chi connectivity index (χ4n) is 2.71. The van der Waals surface area contributed by atoms with Crippen molar-refractivity contribution >= 4 is 57.8 Å². The number of carbonyl (C=O) groups is 3. The van der Waals surface area contributed by atoms with Crippen molar-refractivity contribution in [2.75, 3.05) is 19.0 Å². The molecule has 3 rings (SSSR count). The summed E-state index contributed by atoms with van der Waals surface area (Å²) in [6.45, 7) is 0.122. The van der Waals surface area contributed by atoms with Crippen LogP contribution in [0.5, 0.6) is 5.75 Å². The Morgan fingerprint density at radius 1 is 1.23 bits per heavy atom. The monoisotopic (exact) mass is 441 g/mol. The Morgan fingerprint density at radius 3 is 2.63 bits per heavy atom. The van der Waals surface area contributed by atoms with E-state index in [0.717, 1.165) is 23.1 Å². The topological polar surface area (TPSA) is 98.8 Å². The number of carboxylic acid groups (broad SMARTS) is 1. The maximum absolute atomic E-state index is 12.3. The summed E-state index contributed by atoms with van der Waals surface area (Å²) in [5.41, 5.74) is 1.18. The highest BCUT2D eigenvalue weighted by Crippen LogP contribution is 2.33. The van der Waals surface area contributed by atoms with Gasteiger partial charge in [-0.05, 0) is 53.2 Å². The van der Waals surface area contributed by atoms with E-state index in [2.05, 4.69) is 5.32 Å². The molecule has 0 radical (unpaired) electrons. The van der Waals surface area contributed by atoms with E-state index in [1.165, 1.54) is 23.1 Å². The van der Waals surface area contributed by atoms with Crippen LogP contribution in [-0.2, 0) is 4.79 Å². The van der Waals surface area contributed by atoms with Gasteiger partial charge in [0.1, 0.15) is 10.7 Å². The van der Waals surface area contributed by atoms with Gasteiger partial charge in [0.25, 0.3) is 5.24 Å². The van der Waals surface area contributed by atoms with Gasteiger partial charge in [-0.15, -0.1) is 0 Å². The van der Waals surface area contributed by atoms with Crippen LogP contribution in [0.15, 0.2) is 53.4 Å². The van der Waals surface area contributed by atoms with Crippen LogP contribution in [0.2, 0.25) is 0 Å². The maximum atomic E-state index is 12.3. The van der Waals surface area contributed by atoms with E-state index < -0.39 is 5.97 Å². The molecule has 0 spiro atoms. The summed E-state index contributed by atoms with van der Waals surface area (Å²) in [5, 5.41) is 13.3. The van der Waals surface area contributed by atoms with E-state index in [0.29, 0.717) is 15.6 Å². The number of benzene rings is 2. The predicted molar refractivity (Wildman–Crippen MR) is 117 cm³/mol. The third kappa shape index (κ3) is 5.25. The number of nitrogens with one attached hydrogen (secondary N) is 1. The normalized spacial score (nSPS) is 14.8. The zero-order valence-electron chi connectivity index (χ0n) is 15.9. The summed E-state index contributed by atoms with van der Waals surface area (Å²) in [6.07, 6.45) is 1.83. The second-order valence-corrected chi connectivity index (χ2v) is 7.65. The molecule has 1 aliphatic rings. The van der Waals surface area contributed by atoms with Gasteiger partial charge < -0.3 is 20.0 Å². The Labute approximate surface area is 182 Å². The Balaban J connectivity index is 1.60. The summed E-state index contributed by atoms with van der Waals surface area (Å²) >= 11 is 6.42. The highest BCUT2D eigenvalue weighted by molar-refractivity contribution is 8.19. The Bertz CT molecular complexity index is 1030. The van der Waals surface area contributed by atoms with E-state index in [-0.39, 0.29) is 29.7 Å². The van der Waals surface area contributed by atoms with Crippen molar-refractivity contribution in [1.82, 2.24) is 4.90 Å². The molecule has 2 amide bonds. The highest BCUT2D eigenvalue weighted by Gasteiger charge is 2.31. The second kappa shape index (κ2) is 9.55. The van der Waals surface area contributed by atoms with E-state index in [4.69, 9.17) is 17.0 Å². The van der Waals surface area contributed by atoms with E-state index >= 15 is 0 Å². The largest absolute Gasteiger partial charge is 0.545 e. The first-order valence-electron chi connectivity index (χ1n) is 8.88. The van der Waals surface area contributed by atoms with Crippen LogP contribution in [0.4, 0.5) is 10.5 Å². The third-order valence-electron chi connectivity index (χ3n) is 4.23. The zero-order chi connectivity index (χ0) is 21.7. The van der Waals surface area contributed by atoms with Gasteiger partial charge >= 0.3 is 0 Å². The van der Waals surface area contributed by atoms with Crippen LogP contribution < -0.4 is 15.2 Å². The molecule has 0 unspecified atom stereocenters. The Morgan fingerprint density at radius 2 is 1.97 bits per heavy atom. The fraction of sp³-hybridized carbons (Fsp3) is 0.143. The molecule has 0 atom stereocenters. The van der Waals surface area contributed by atoms with Crippen LogP contribution in [0.3, 0.4) is 0 Å². The molecule has 1 aliphatic heterocycles. The number of hydrogen-bond donors (Lipinski definition) is 1. The molecule has 7 nitrogen and oxygen atoms in total. The SMILES string of the molecule is COc1ccc(C=C2SC(=O)N(CCC(=O)Nc3cccc(C(=O)[O-])c3)C2=S)cc1. The minimum absolute atomic E-state index is 0.0117. The van der Waals surface area contributed by atoms with Gasteiger partial charge in [0, 0.05) is 18.7 Å². The average molecular weight is 442 g/mol. The average Bonchev–Trinajstić information content (AvgIpc) is 2.99. The summed E-state index contributed by atoms with van der Waals surface area (Å²) in [4.78, 5) is 37.8. The highest BCUT2D eigenvalue weighted by atomic mass is 32.2. The van der Waals surface area contributed by atoms with Gasteiger partial charge in [-0.25, -0.2) is 0 Å². The summed E-state index contributed by atoms with van der Waals surface area (Å²) in [7, 11) is 1.59. The number of carboxylic acids is 1. The number of aromatic carboxylic acids is 1. The van der Waals surface area contributed by atoms with Gasteiger partial charge in [-0.2, -0.15) is 0 Å². The molecule has 2 aromatic carbocycles. The molecule has 0 aliphatic carbocycles. The molecule has 9 heteroatoms. The molecular formula is C21H17N2O5S2-. The van der Waals surface area contributed by atoms with Crippen LogP contribution in [0.1, 0.15) is 22.3 Å². The lowest BCUT2D eigenvalue weighted by atomic mass is 10.2.